The molecule has 1 atom stereocenters. The van der Waals surface area contributed by atoms with Crippen LogP contribution >= 0.6 is 0 Å². The molecule has 0 saturated heterocycles. The van der Waals surface area contributed by atoms with E-state index in [0.29, 0.717) is 0 Å². The van der Waals surface area contributed by atoms with Crippen LogP contribution in [-0.2, 0) is 16.2 Å². The number of ether oxygens (including phenoxy) is 1. The van der Waals surface area contributed by atoms with Crippen LogP contribution in [0.3, 0.4) is 0 Å². The zero-order chi connectivity index (χ0) is 16.3. The predicted molar refractivity (Wildman–Crippen MR) is 90.9 cm³/mol. The lowest BCUT2D eigenvalue weighted by molar-refractivity contribution is 0.148. The van der Waals surface area contributed by atoms with Crippen molar-refractivity contribution in [1.29, 1.82) is 0 Å². The number of rotatable bonds is 3. The molecule has 2 nitrogen and oxygen atoms in total. The molecular weight excluding hydrogens is 272 g/mol. The third kappa shape index (κ3) is 2.19. The molecule has 0 radical (unpaired) electrons. The smallest absolute Gasteiger partial charge is 0.123 e. The molecule has 0 heterocycles. The molecule has 0 aromatic heterocycles. The summed E-state index contributed by atoms with van der Waals surface area (Å²) in [4.78, 5) is 0. The standard InChI is InChI=1S/C20H30O2/c1-13(21)20(9-10-20)16-11-14-15(12-17(16)22-6)19(4,5)8-7-18(14,2)3/h11-13,21H,7-10H2,1-6H3. The summed E-state index contributed by atoms with van der Waals surface area (Å²) >= 11 is 0. The van der Waals surface area contributed by atoms with Crippen LogP contribution in [0, 0.1) is 0 Å². The summed E-state index contributed by atoms with van der Waals surface area (Å²) in [5.41, 5.74) is 4.39. The molecule has 1 saturated carbocycles. The lowest BCUT2D eigenvalue weighted by Crippen LogP contribution is -2.35. The zero-order valence-corrected chi connectivity index (χ0v) is 14.9. The molecule has 22 heavy (non-hydrogen) atoms. The average molecular weight is 302 g/mol. The summed E-state index contributed by atoms with van der Waals surface area (Å²) in [6.07, 6.45) is 4.21. The van der Waals surface area contributed by atoms with Crippen molar-refractivity contribution in [1.82, 2.24) is 0 Å². The molecule has 2 aliphatic rings. The van der Waals surface area contributed by atoms with Gasteiger partial charge in [-0.15, -0.1) is 0 Å². The van der Waals surface area contributed by atoms with Gasteiger partial charge in [0.15, 0.2) is 0 Å². The van der Waals surface area contributed by atoms with E-state index in [4.69, 9.17) is 4.74 Å². The topological polar surface area (TPSA) is 29.5 Å². The number of fused-ring (bicyclic) bond motifs is 1. The van der Waals surface area contributed by atoms with Crippen molar-refractivity contribution in [3.05, 3.63) is 28.8 Å². The minimum atomic E-state index is -0.320. The van der Waals surface area contributed by atoms with Gasteiger partial charge in [0.25, 0.3) is 0 Å². The van der Waals surface area contributed by atoms with Gasteiger partial charge in [-0.05, 0) is 60.6 Å². The molecule has 3 rings (SSSR count). The molecule has 0 spiro atoms. The Balaban J connectivity index is 2.23. The fraction of sp³-hybridized carbons (Fsp3) is 0.700. The Morgan fingerprint density at radius 1 is 0.909 bits per heavy atom. The Morgan fingerprint density at radius 2 is 1.41 bits per heavy atom. The van der Waals surface area contributed by atoms with Crippen LogP contribution in [0.25, 0.3) is 0 Å². The van der Waals surface area contributed by atoms with Crippen LogP contribution in [0.2, 0.25) is 0 Å². The predicted octanol–water partition coefficient (Wildman–Crippen LogP) is 4.46. The number of hydrogen-bond acceptors (Lipinski definition) is 2. The van der Waals surface area contributed by atoms with Crippen molar-refractivity contribution < 1.29 is 9.84 Å². The van der Waals surface area contributed by atoms with Gasteiger partial charge < -0.3 is 9.84 Å². The van der Waals surface area contributed by atoms with Gasteiger partial charge in [-0.1, -0.05) is 33.8 Å². The summed E-state index contributed by atoms with van der Waals surface area (Å²) in [5.74, 6) is 0.961. The van der Waals surface area contributed by atoms with Gasteiger partial charge in [-0.2, -0.15) is 0 Å². The largest absolute Gasteiger partial charge is 0.496 e. The van der Waals surface area contributed by atoms with Crippen molar-refractivity contribution in [2.24, 2.45) is 0 Å². The highest BCUT2D eigenvalue weighted by Crippen LogP contribution is 2.56. The molecule has 1 N–H and O–H groups in total. The zero-order valence-electron chi connectivity index (χ0n) is 14.9. The van der Waals surface area contributed by atoms with Crippen molar-refractivity contribution in [3.63, 3.8) is 0 Å². The quantitative estimate of drug-likeness (QED) is 0.893. The van der Waals surface area contributed by atoms with E-state index in [1.165, 1.54) is 29.5 Å². The van der Waals surface area contributed by atoms with Crippen molar-refractivity contribution in [2.75, 3.05) is 7.11 Å². The first-order chi connectivity index (χ1) is 10.1. The highest BCUT2D eigenvalue weighted by atomic mass is 16.5. The Kier molecular flexibility index (Phi) is 3.41. The molecule has 0 amide bonds. The summed E-state index contributed by atoms with van der Waals surface area (Å²) in [6.45, 7) is 11.3. The SMILES string of the molecule is COc1cc2c(cc1C1(C(C)O)CC1)C(C)(C)CCC2(C)C. The van der Waals surface area contributed by atoms with Crippen LogP contribution < -0.4 is 4.74 Å². The summed E-state index contributed by atoms with van der Waals surface area (Å²) in [7, 11) is 1.75. The number of methoxy groups -OCH3 is 1. The molecule has 1 aromatic carbocycles. The Labute approximate surface area is 134 Å². The Bertz CT molecular complexity index is 592. The number of aliphatic hydroxyl groups excluding tert-OH is 1. The monoisotopic (exact) mass is 302 g/mol. The number of hydrogen-bond donors (Lipinski definition) is 1. The molecule has 0 aliphatic heterocycles. The second kappa shape index (κ2) is 4.74. The Hall–Kier alpha value is -1.02. The van der Waals surface area contributed by atoms with Crippen LogP contribution in [0.1, 0.15) is 77.0 Å². The lowest BCUT2D eigenvalue weighted by atomic mass is 9.62. The highest BCUT2D eigenvalue weighted by Gasteiger charge is 2.51. The lowest BCUT2D eigenvalue weighted by Gasteiger charge is -2.43. The first kappa shape index (κ1) is 15.9. The van der Waals surface area contributed by atoms with Crippen molar-refractivity contribution in [3.8, 4) is 5.75 Å². The minimum Gasteiger partial charge on any atom is -0.496 e. The van der Waals surface area contributed by atoms with E-state index in [-0.39, 0.29) is 22.3 Å². The molecule has 1 fully saturated rings. The third-order valence-electron chi connectivity index (χ3n) is 6.30. The fourth-order valence-corrected chi connectivity index (χ4v) is 4.20. The maximum absolute atomic E-state index is 10.3. The Morgan fingerprint density at radius 3 is 1.82 bits per heavy atom. The summed E-state index contributed by atoms with van der Waals surface area (Å²) in [5, 5.41) is 10.3. The molecule has 0 bridgehead atoms. The molecule has 1 aromatic rings. The maximum atomic E-state index is 10.3. The van der Waals surface area contributed by atoms with Crippen molar-refractivity contribution in [2.45, 2.75) is 82.7 Å². The van der Waals surface area contributed by atoms with Gasteiger partial charge in [0, 0.05) is 11.0 Å². The van der Waals surface area contributed by atoms with Gasteiger partial charge in [0.1, 0.15) is 5.75 Å². The van der Waals surface area contributed by atoms with Crippen LogP contribution in [0.5, 0.6) is 5.75 Å². The van der Waals surface area contributed by atoms with E-state index in [1.54, 1.807) is 7.11 Å². The van der Waals surface area contributed by atoms with E-state index >= 15 is 0 Å². The van der Waals surface area contributed by atoms with E-state index in [2.05, 4.69) is 39.8 Å². The second-order valence-corrected chi connectivity index (χ2v) is 8.70. The second-order valence-electron chi connectivity index (χ2n) is 8.70. The first-order valence-electron chi connectivity index (χ1n) is 8.56. The number of aliphatic hydroxyl groups is 1. The van der Waals surface area contributed by atoms with E-state index in [1.807, 2.05) is 6.92 Å². The van der Waals surface area contributed by atoms with Gasteiger partial charge in [-0.25, -0.2) is 0 Å². The van der Waals surface area contributed by atoms with E-state index < -0.39 is 0 Å². The van der Waals surface area contributed by atoms with Crippen molar-refractivity contribution >= 4 is 0 Å². The van der Waals surface area contributed by atoms with Gasteiger partial charge in [0.05, 0.1) is 13.2 Å². The molecule has 2 heteroatoms. The molecule has 2 aliphatic carbocycles. The maximum Gasteiger partial charge on any atom is 0.123 e. The number of benzene rings is 1. The highest BCUT2D eigenvalue weighted by molar-refractivity contribution is 5.54. The summed E-state index contributed by atoms with van der Waals surface area (Å²) < 4.78 is 5.74. The third-order valence-corrected chi connectivity index (χ3v) is 6.30. The van der Waals surface area contributed by atoms with E-state index in [0.717, 1.165) is 18.6 Å². The van der Waals surface area contributed by atoms with Gasteiger partial charge in [-0.3, -0.25) is 0 Å². The molecule has 1 unspecified atom stereocenters. The molecular formula is C20H30O2. The summed E-state index contributed by atoms with van der Waals surface area (Å²) in [6, 6.07) is 4.61. The van der Waals surface area contributed by atoms with Crippen LogP contribution in [0.15, 0.2) is 12.1 Å². The molecule has 122 valence electrons. The van der Waals surface area contributed by atoms with E-state index in [9.17, 15) is 5.11 Å². The normalized spacial score (nSPS) is 25.2. The van der Waals surface area contributed by atoms with Gasteiger partial charge >= 0.3 is 0 Å². The van der Waals surface area contributed by atoms with Gasteiger partial charge in [0.2, 0.25) is 0 Å². The fourth-order valence-electron chi connectivity index (χ4n) is 4.20. The first-order valence-corrected chi connectivity index (χ1v) is 8.56. The van der Waals surface area contributed by atoms with Crippen LogP contribution in [-0.4, -0.2) is 18.3 Å². The average Bonchev–Trinajstić information content (AvgIpc) is 3.24. The minimum absolute atomic E-state index is 0.0853. The van der Waals surface area contributed by atoms with Crippen LogP contribution in [0.4, 0.5) is 0 Å².